The summed E-state index contributed by atoms with van der Waals surface area (Å²) in [5, 5.41) is 3.60. The predicted molar refractivity (Wildman–Crippen MR) is 88.5 cm³/mol. The first-order chi connectivity index (χ1) is 9.99. The Morgan fingerprint density at radius 2 is 2.00 bits per heavy atom. The summed E-state index contributed by atoms with van der Waals surface area (Å²) in [4.78, 5) is 2.43. The second-order valence-corrected chi connectivity index (χ2v) is 7.00. The van der Waals surface area contributed by atoms with Gasteiger partial charge in [-0.1, -0.05) is 43.7 Å². The summed E-state index contributed by atoms with van der Waals surface area (Å²) in [6, 6.07) is 9.38. The Morgan fingerprint density at radius 1 is 1.29 bits per heavy atom. The van der Waals surface area contributed by atoms with Crippen LogP contribution < -0.4 is 5.32 Å². The highest BCUT2D eigenvalue weighted by Crippen LogP contribution is 2.29. The van der Waals surface area contributed by atoms with E-state index in [1.54, 1.807) is 0 Å². The molecule has 1 aromatic carbocycles. The lowest BCUT2D eigenvalue weighted by Crippen LogP contribution is -2.45. The smallest absolute Gasteiger partial charge is 0.0547 e. The summed E-state index contributed by atoms with van der Waals surface area (Å²) >= 11 is 0. The molecular formula is C18H30N2O. The van der Waals surface area contributed by atoms with Gasteiger partial charge in [0, 0.05) is 37.7 Å². The third kappa shape index (κ3) is 5.10. The Hall–Kier alpha value is -0.900. The molecule has 1 heterocycles. The second-order valence-electron chi connectivity index (χ2n) is 7.00. The maximum absolute atomic E-state index is 5.69. The van der Waals surface area contributed by atoms with Gasteiger partial charge in [-0.3, -0.25) is 0 Å². The predicted octanol–water partition coefficient (Wildman–Crippen LogP) is 2.83. The number of benzene rings is 1. The molecule has 1 saturated heterocycles. The molecule has 1 aromatic rings. The van der Waals surface area contributed by atoms with Crippen LogP contribution >= 0.6 is 0 Å². The van der Waals surface area contributed by atoms with Crippen molar-refractivity contribution < 1.29 is 4.74 Å². The summed E-state index contributed by atoms with van der Waals surface area (Å²) in [5.74, 6) is 0. The highest BCUT2D eigenvalue weighted by atomic mass is 16.5. The zero-order valence-corrected chi connectivity index (χ0v) is 14.0. The molecule has 0 spiro atoms. The number of aryl methyl sites for hydroxylation is 1. The van der Waals surface area contributed by atoms with E-state index in [9.17, 15) is 0 Å². The lowest BCUT2D eigenvalue weighted by Gasteiger charge is -2.33. The second kappa shape index (κ2) is 7.39. The molecule has 0 amide bonds. The molecular weight excluding hydrogens is 260 g/mol. The molecule has 2 rings (SSSR count). The molecule has 1 atom stereocenters. The molecule has 1 aliphatic heterocycles. The number of nitrogens with one attached hydrogen (secondary N) is 1. The molecule has 1 aliphatic rings. The fourth-order valence-electron chi connectivity index (χ4n) is 3.02. The van der Waals surface area contributed by atoms with Gasteiger partial charge in [0.25, 0.3) is 0 Å². The Kier molecular flexibility index (Phi) is 5.80. The monoisotopic (exact) mass is 290 g/mol. The van der Waals surface area contributed by atoms with E-state index in [1.165, 1.54) is 11.1 Å². The summed E-state index contributed by atoms with van der Waals surface area (Å²) in [5.41, 5.74) is 2.97. The molecule has 0 aromatic heterocycles. The normalized spacial score (nSPS) is 22.4. The van der Waals surface area contributed by atoms with Crippen molar-refractivity contribution in [1.82, 2.24) is 10.2 Å². The van der Waals surface area contributed by atoms with Gasteiger partial charge < -0.3 is 15.0 Å². The van der Waals surface area contributed by atoms with Crippen LogP contribution in [-0.4, -0.2) is 44.3 Å². The van der Waals surface area contributed by atoms with Gasteiger partial charge in [-0.2, -0.15) is 0 Å². The SMILES string of the molecule is Cc1ccc(CN(C)CC2(CNC(C)C)CCOC2)cc1. The average molecular weight is 290 g/mol. The fraction of sp³-hybridized carbons (Fsp3) is 0.667. The van der Waals surface area contributed by atoms with Crippen LogP contribution in [0.3, 0.4) is 0 Å². The number of rotatable bonds is 7. The largest absolute Gasteiger partial charge is 0.381 e. The first-order valence-corrected chi connectivity index (χ1v) is 8.04. The molecule has 0 radical (unpaired) electrons. The van der Waals surface area contributed by atoms with Crippen molar-refractivity contribution in [1.29, 1.82) is 0 Å². The molecule has 3 nitrogen and oxygen atoms in total. The summed E-state index contributed by atoms with van der Waals surface area (Å²) < 4.78 is 5.69. The Labute approximate surface area is 129 Å². The standard InChI is InChI=1S/C18H30N2O/c1-15(2)19-12-18(9-10-21-14-18)13-20(4)11-17-7-5-16(3)6-8-17/h5-8,15,19H,9-14H2,1-4H3. The number of ether oxygens (including phenoxy) is 1. The van der Waals surface area contributed by atoms with Crippen LogP contribution in [0.2, 0.25) is 0 Å². The van der Waals surface area contributed by atoms with E-state index in [4.69, 9.17) is 4.74 Å². The van der Waals surface area contributed by atoms with Gasteiger partial charge in [0.15, 0.2) is 0 Å². The van der Waals surface area contributed by atoms with Crippen LogP contribution in [0.1, 0.15) is 31.4 Å². The van der Waals surface area contributed by atoms with Crippen LogP contribution in [0.4, 0.5) is 0 Å². The van der Waals surface area contributed by atoms with E-state index < -0.39 is 0 Å². The van der Waals surface area contributed by atoms with Gasteiger partial charge in [0.2, 0.25) is 0 Å². The molecule has 1 fully saturated rings. The van der Waals surface area contributed by atoms with E-state index in [1.807, 2.05) is 0 Å². The van der Waals surface area contributed by atoms with E-state index in [0.29, 0.717) is 6.04 Å². The van der Waals surface area contributed by atoms with Gasteiger partial charge in [-0.15, -0.1) is 0 Å². The molecule has 118 valence electrons. The van der Waals surface area contributed by atoms with Crippen molar-refractivity contribution in [3.63, 3.8) is 0 Å². The van der Waals surface area contributed by atoms with Crippen LogP contribution in [0, 0.1) is 12.3 Å². The zero-order chi connectivity index (χ0) is 15.3. The van der Waals surface area contributed by atoms with Crippen molar-refractivity contribution in [2.45, 2.75) is 39.8 Å². The maximum atomic E-state index is 5.69. The molecule has 0 saturated carbocycles. The minimum absolute atomic E-state index is 0.268. The first-order valence-electron chi connectivity index (χ1n) is 8.04. The maximum Gasteiger partial charge on any atom is 0.0547 e. The van der Waals surface area contributed by atoms with E-state index in [-0.39, 0.29) is 5.41 Å². The molecule has 0 bridgehead atoms. The number of hydrogen-bond donors (Lipinski definition) is 1. The van der Waals surface area contributed by atoms with Gasteiger partial charge in [-0.05, 0) is 26.0 Å². The lowest BCUT2D eigenvalue weighted by molar-refractivity contribution is 0.115. The highest BCUT2D eigenvalue weighted by Gasteiger charge is 2.35. The van der Waals surface area contributed by atoms with Gasteiger partial charge in [0.05, 0.1) is 6.61 Å². The summed E-state index contributed by atoms with van der Waals surface area (Å²) in [6.45, 7) is 11.5. The van der Waals surface area contributed by atoms with Crippen LogP contribution in [0.25, 0.3) is 0 Å². The van der Waals surface area contributed by atoms with Crippen molar-refractivity contribution in [2.24, 2.45) is 5.41 Å². The van der Waals surface area contributed by atoms with Gasteiger partial charge >= 0.3 is 0 Å². The minimum atomic E-state index is 0.268. The quantitative estimate of drug-likeness (QED) is 0.836. The molecule has 21 heavy (non-hydrogen) atoms. The third-order valence-corrected chi connectivity index (χ3v) is 4.25. The van der Waals surface area contributed by atoms with E-state index in [0.717, 1.165) is 39.3 Å². The van der Waals surface area contributed by atoms with Crippen molar-refractivity contribution in [3.05, 3.63) is 35.4 Å². The van der Waals surface area contributed by atoms with Crippen molar-refractivity contribution in [3.8, 4) is 0 Å². The lowest BCUT2D eigenvalue weighted by atomic mass is 9.86. The van der Waals surface area contributed by atoms with E-state index >= 15 is 0 Å². The van der Waals surface area contributed by atoms with Crippen LogP contribution in [-0.2, 0) is 11.3 Å². The van der Waals surface area contributed by atoms with Crippen LogP contribution in [0.15, 0.2) is 24.3 Å². The molecule has 1 unspecified atom stereocenters. The highest BCUT2D eigenvalue weighted by molar-refractivity contribution is 5.21. The summed E-state index contributed by atoms with van der Waals surface area (Å²) in [7, 11) is 2.22. The van der Waals surface area contributed by atoms with Crippen LogP contribution in [0.5, 0.6) is 0 Å². The molecule has 3 heteroatoms. The van der Waals surface area contributed by atoms with Crippen molar-refractivity contribution in [2.75, 3.05) is 33.4 Å². The average Bonchev–Trinajstić information content (AvgIpc) is 2.88. The van der Waals surface area contributed by atoms with E-state index in [2.05, 4.69) is 62.3 Å². The third-order valence-electron chi connectivity index (χ3n) is 4.25. The Bertz CT molecular complexity index is 421. The Balaban J connectivity index is 1.91. The minimum Gasteiger partial charge on any atom is -0.381 e. The molecule has 0 aliphatic carbocycles. The van der Waals surface area contributed by atoms with Gasteiger partial charge in [0.1, 0.15) is 0 Å². The fourth-order valence-corrected chi connectivity index (χ4v) is 3.02. The number of hydrogen-bond acceptors (Lipinski definition) is 3. The first kappa shape index (κ1) is 16.5. The number of nitrogens with zero attached hydrogens (tertiary/aromatic N) is 1. The summed E-state index contributed by atoms with van der Waals surface area (Å²) in [6.07, 6.45) is 1.16. The topological polar surface area (TPSA) is 24.5 Å². The van der Waals surface area contributed by atoms with Gasteiger partial charge in [-0.25, -0.2) is 0 Å². The van der Waals surface area contributed by atoms with Crippen molar-refractivity contribution >= 4 is 0 Å². The Morgan fingerprint density at radius 3 is 2.57 bits per heavy atom. The zero-order valence-electron chi connectivity index (χ0n) is 14.0. The molecule has 1 N–H and O–H groups in total.